The minimum atomic E-state index is 0.143. The van der Waals surface area contributed by atoms with Crippen LogP contribution in [0.5, 0.6) is 0 Å². The normalized spacial score (nSPS) is 10.8. The van der Waals surface area contributed by atoms with Gasteiger partial charge in [0, 0.05) is 19.4 Å². The maximum Gasteiger partial charge on any atom is 0.132 e. The van der Waals surface area contributed by atoms with Gasteiger partial charge in [-0.15, -0.1) is 0 Å². The average molecular weight is 270 g/mol. The predicted molar refractivity (Wildman–Crippen MR) is 82.4 cm³/mol. The van der Waals surface area contributed by atoms with Gasteiger partial charge in [0.1, 0.15) is 5.78 Å². The molecule has 0 aliphatic rings. The van der Waals surface area contributed by atoms with Gasteiger partial charge >= 0.3 is 0 Å². The minimum absolute atomic E-state index is 0.143. The number of carbonyl (C=O) groups is 1. The molecule has 0 aromatic heterocycles. The van der Waals surface area contributed by atoms with E-state index in [0.29, 0.717) is 18.6 Å². The summed E-state index contributed by atoms with van der Waals surface area (Å²) in [6, 6.07) is 0. The van der Waals surface area contributed by atoms with E-state index < -0.39 is 0 Å². The van der Waals surface area contributed by atoms with E-state index in [1.807, 2.05) is 0 Å². The monoisotopic (exact) mass is 270 g/mol. The lowest BCUT2D eigenvalue weighted by molar-refractivity contribution is -0.119. The van der Waals surface area contributed by atoms with Crippen LogP contribution in [-0.4, -0.2) is 17.5 Å². The Morgan fingerprint density at radius 3 is 1.58 bits per heavy atom. The van der Waals surface area contributed by atoms with Crippen LogP contribution >= 0.6 is 0 Å². The van der Waals surface area contributed by atoms with Gasteiger partial charge in [-0.3, -0.25) is 4.79 Å². The second-order valence-corrected chi connectivity index (χ2v) is 5.65. The fraction of sp³-hybridized carbons (Fsp3) is 0.941. The summed E-state index contributed by atoms with van der Waals surface area (Å²) in [6.45, 7) is 2.40. The van der Waals surface area contributed by atoms with Crippen molar-refractivity contribution in [2.24, 2.45) is 0 Å². The van der Waals surface area contributed by atoms with Crippen LogP contribution in [-0.2, 0) is 4.79 Å². The molecule has 0 saturated heterocycles. The largest absolute Gasteiger partial charge is 0.396 e. The molecule has 0 atom stereocenters. The van der Waals surface area contributed by atoms with E-state index in [-0.39, 0.29) is 6.61 Å². The van der Waals surface area contributed by atoms with Gasteiger partial charge in [0.05, 0.1) is 0 Å². The summed E-state index contributed by atoms with van der Waals surface area (Å²) >= 11 is 0. The molecule has 0 radical (unpaired) electrons. The van der Waals surface area contributed by atoms with Crippen molar-refractivity contribution in [3.63, 3.8) is 0 Å². The van der Waals surface area contributed by atoms with E-state index in [1.54, 1.807) is 0 Å². The standard InChI is InChI=1S/C17H34O2/c1-2-3-4-5-6-7-8-9-10-11-12-14-17(19)15-13-16-18/h18H,2-16H2,1H3. The van der Waals surface area contributed by atoms with Crippen molar-refractivity contribution in [2.45, 2.75) is 96.8 Å². The van der Waals surface area contributed by atoms with Crippen LogP contribution in [0.1, 0.15) is 96.8 Å². The Morgan fingerprint density at radius 1 is 0.684 bits per heavy atom. The molecular weight excluding hydrogens is 236 g/mol. The Labute approximate surface area is 120 Å². The topological polar surface area (TPSA) is 37.3 Å². The molecule has 0 aromatic rings. The van der Waals surface area contributed by atoms with Crippen molar-refractivity contribution >= 4 is 5.78 Å². The molecule has 0 aliphatic carbocycles. The van der Waals surface area contributed by atoms with Gasteiger partial charge in [-0.2, -0.15) is 0 Å². The van der Waals surface area contributed by atoms with Crippen molar-refractivity contribution in [1.29, 1.82) is 0 Å². The van der Waals surface area contributed by atoms with Crippen molar-refractivity contribution in [3.05, 3.63) is 0 Å². The van der Waals surface area contributed by atoms with Crippen LogP contribution in [0.3, 0.4) is 0 Å². The first-order valence-corrected chi connectivity index (χ1v) is 8.43. The molecule has 0 unspecified atom stereocenters. The van der Waals surface area contributed by atoms with Crippen LogP contribution in [0, 0.1) is 0 Å². The average Bonchev–Trinajstić information content (AvgIpc) is 2.42. The molecule has 0 bridgehead atoms. The highest BCUT2D eigenvalue weighted by Crippen LogP contribution is 2.12. The zero-order valence-corrected chi connectivity index (χ0v) is 13.0. The SMILES string of the molecule is CCCCCCCCCCCCCC(=O)CCCO. The summed E-state index contributed by atoms with van der Waals surface area (Å²) in [5.41, 5.74) is 0. The van der Waals surface area contributed by atoms with Crippen LogP contribution < -0.4 is 0 Å². The summed E-state index contributed by atoms with van der Waals surface area (Å²) < 4.78 is 0. The molecule has 2 heteroatoms. The third-order valence-electron chi connectivity index (χ3n) is 3.67. The van der Waals surface area contributed by atoms with E-state index in [2.05, 4.69) is 6.92 Å². The minimum Gasteiger partial charge on any atom is -0.396 e. The summed E-state index contributed by atoms with van der Waals surface area (Å²) in [5.74, 6) is 0.324. The predicted octanol–water partition coefficient (Wildman–Crippen LogP) is 5.03. The number of rotatable bonds is 15. The van der Waals surface area contributed by atoms with Crippen molar-refractivity contribution in [3.8, 4) is 0 Å². The van der Waals surface area contributed by atoms with Crippen LogP contribution in [0.2, 0.25) is 0 Å². The number of aliphatic hydroxyl groups excluding tert-OH is 1. The number of Topliss-reactive ketones (excluding diaryl/α,β-unsaturated/α-hetero) is 1. The van der Waals surface area contributed by atoms with Crippen molar-refractivity contribution < 1.29 is 9.90 Å². The summed E-state index contributed by atoms with van der Waals surface area (Å²) in [5, 5.41) is 8.62. The summed E-state index contributed by atoms with van der Waals surface area (Å²) in [7, 11) is 0. The number of carbonyl (C=O) groups excluding carboxylic acids is 1. The number of aliphatic hydroxyl groups is 1. The Kier molecular flexibility index (Phi) is 15.4. The van der Waals surface area contributed by atoms with Gasteiger partial charge in [-0.25, -0.2) is 0 Å². The molecule has 0 aliphatic heterocycles. The molecule has 0 amide bonds. The highest BCUT2D eigenvalue weighted by molar-refractivity contribution is 5.78. The molecule has 0 fully saturated rings. The molecule has 1 N–H and O–H groups in total. The highest BCUT2D eigenvalue weighted by atomic mass is 16.3. The number of hydrogen-bond acceptors (Lipinski definition) is 2. The summed E-state index contributed by atoms with van der Waals surface area (Å²) in [6.07, 6.45) is 16.5. The van der Waals surface area contributed by atoms with Crippen LogP contribution in [0.15, 0.2) is 0 Å². The van der Waals surface area contributed by atoms with E-state index >= 15 is 0 Å². The van der Waals surface area contributed by atoms with Crippen molar-refractivity contribution in [1.82, 2.24) is 0 Å². The molecule has 2 nitrogen and oxygen atoms in total. The number of hydrogen-bond donors (Lipinski definition) is 1. The Hall–Kier alpha value is -0.370. The lowest BCUT2D eigenvalue weighted by Crippen LogP contribution is -1.99. The first kappa shape index (κ1) is 18.6. The summed E-state index contributed by atoms with van der Waals surface area (Å²) in [4.78, 5) is 11.4. The van der Waals surface area contributed by atoms with Gasteiger partial charge in [-0.05, 0) is 12.8 Å². The zero-order chi connectivity index (χ0) is 14.2. The fourth-order valence-electron chi connectivity index (χ4n) is 2.39. The second-order valence-electron chi connectivity index (χ2n) is 5.65. The van der Waals surface area contributed by atoms with Crippen LogP contribution in [0.4, 0.5) is 0 Å². The number of unbranched alkanes of at least 4 members (excludes halogenated alkanes) is 10. The Bertz CT molecular complexity index is 190. The van der Waals surface area contributed by atoms with E-state index in [9.17, 15) is 4.79 Å². The second kappa shape index (κ2) is 15.7. The smallest absolute Gasteiger partial charge is 0.132 e. The first-order valence-electron chi connectivity index (χ1n) is 8.43. The fourth-order valence-corrected chi connectivity index (χ4v) is 2.39. The Morgan fingerprint density at radius 2 is 1.11 bits per heavy atom. The molecule has 19 heavy (non-hydrogen) atoms. The quantitative estimate of drug-likeness (QED) is 0.424. The number of ketones is 1. The maximum atomic E-state index is 11.4. The molecular formula is C17H34O2. The molecule has 114 valence electrons. The van der Waals surface area contributed by atoms with Gasteiger partial charge in [-0.1, -0.05) is 71.1 Å². The molecule has 0 spiro atoms. The molecule has 0 heterocycles. The molecule has 0 aromatic carbocycles. The van der Waals surface area contributed by atoms with Crippen LogP contribution in [0.25, 0.3) is 0 Å². The van der Waals surface area contributed by atoms with Gasteiger partial charge < -0.3 is 5.11 Å². The first-order chi connectivity index (χ1) is 9.31. The maximum absolute atomic E-state index is 11.4. The lowest BCUT2D eigenvalue weighted by Gasteiger charge is -2.02. The molecule has 0 rings (SSSR count). The van der Waals surface area contributed by atoms with Gasteiger partial charge in [0.25, 0.3) is 0 Å². The van der Waals surface area contributed by atoms with E-state index in [1.165, 1.54) is 64.2 Å². The van der Waals surface area contributed by atoms with E-state index in [0.717, 1.165) is 12.8 Å². The lowest BCUT2D eigenvalue weighted by atomic mass is 10.0. The third kappa shape index (κ3) is 15.6. The van der Waals surface area contributed by atoms with Crippen molar-refractivity contribution in [2.75, 3.05) is 6.61 Å². The van der Waals surface area contributed by atoms with E-state index in [4.69, 9.17) is 5.11 Å². The highest BCUT2D eigenvalue weighted by Gasteiger charge is 2.00. The zero-order valence-electron chi connectivity index (χ0n) is 13.0. The third-order valence-corrected chi connectivity index (χ3v) is 3.67. The Balaban J connectivity index is 3.04. The van der Waals surface area contributed by atoms with Gasteiger partial charge in [0.15, 0.2) is 0 Å². The molecule has 0 saturated carbocycles. The van der Waals surface area contributed by atoms with Gasteiger partial charge in [0.2, 0.25) is 0 Å².